The van der Waals surface area contributed by atoms with E-state index in [1.807, 2.05) is 42.7 Å². The van der Waals surface area contributed by atoms with E-state index in [1.54, 1.807) is 30.5 Å². The van der Waals surface area contributed by atoms with Gasteiger partial charge >= 0.3 is 0 Å². The molecule has 0 saturated carbocycles. The summed E-state index contributed by atoms with van der Waals surface area (Å²) in [6.45, 7) is 12.1. The van der Waals surface area contributed by atoms with Crippen molar-refractivity contribution in [2.75, 3.05) is 37.4 Å². The summed E-state index contributed by atoms with van der Waals surface area (Å²) in [6.07, 6.45) is 5.80. The fraction of sp³-hybridized carbons (Fsp3) is 0.400. The molecule has 1 aromatic heterocycles. The number of carbonyl (C=O) groups excluding carboxylic acids is 4. The van der Waals surface area contributed by atoms with E-state index >= 15 is 0 Å². The monoisotopic (exact) mass is 857 g/mol. The number of ether oxygens (including phenoxy) is 4. The highest BCUT2D eigenvalue weighted by Gasteiger charge is 2.30. The van der Waals surface area contributed by atoms with Gasteiger partial charge in [-0.3, -0.25) is 29.2 Å². The molecular formula is C45H52ClN5O8S. The lowest BCUT2D eigenvalue weighted by Gasteiger charge is -2.27. The third-order valence-electron chi connectivity index (χ3n) is 10.1. The maximum absolute atomic E-state index is 12.1. The third-order valence-corrected chi connectivity index (χ3v) is 10.8. The van der Waals surface area contributed by atoms with Crippen molar-refractivity contribution >= 4 is 52.9 Å². The van der Waals surface area contributed by atoms with E-state index in [9.17, 15) is 24.4 Å². The van der Waals surface area contributed by atoms with Crippen molar-refractivity contribution in [3.63, 3.8) is 0 Å². The molecule has 2 atom stereocenters. The number of hydrogen-bond acceptors (Lipinski definition) is 13. The molecule has 1 saturated heterocycles. The first-order valence-corrected chi connectivity index (χ1v) is 21.2. The first kappa shape index (κ1) is 47.2. The van der Waals surface area contributed by atoms with Crippen LogP contribution in [0.4, 0.5) is 5.95 Å². The summed E-state index contributed by atoms with van der Waals surface area (Å²) >= 11 is 8.06. The van der Waals surface area contributed by atoms with Gasteiger partial charge in [-0.05, 0) is 73.7 Å². The van der Waals surface area contributed by atoms with E-state index in [4.69, 9.17) is 30.5 Å². The number of rotatable bonds is 19. The van der Waals surface area contributed by atoms with Crippen molar-refractivity contribution < 1.29 is 38.1 Å². The first-order chi connectivity index (χ1) is 28.7. The third kappa shape index (κ3) is 13.0. The second-order valence-corrected chi connectivity index (χ2v) is 15.6. The normalized spacial score (nSPS) is 14.2. The summed E-state index contributed by atoms with van der Waals surface area (Å²) in [5.74, 6) is 1.62. The van der Waals surface area contributed by atoms with Gasteiger partial charge in [-0.15, -0.1) is 0 Å². The van der Waals surface area contributed by atoms with Crippen LogP contribution in [-0.4, -0.2) is 66.0 Å². The molecule has 60 heavy (non-hydrogen) atoms. The molecule has 13 nitrogen and oxygen atoms in total. The van der Waals surface area contributed by atoms with Crippen LogP contribution < -0.4 is 24.2 Å². The van der Waals surface area contributed by atoms with Crippen molar-refractivity contribution in [2.45, 2.75) is 72.8 Å². The highest BCUT2D eigenvalue weighted by atomic mass is 35.5. The van der Waals surface area contributed by atoms with Crippen LogP contribution in [0, 0.1) is 23.2 Å². The average molecular weight is 858 g/mol. The Morgan fingerprint density at radius 2 is 1.72 bits per heavy atom. The Morgan fingerprint density at radius 1 is 1.00 bits per heavy atom. The molecule has 2 heterocycles. The lowest BCUT2D eigenvalue weighted by Crippen LogP contribution is -2.42. The Labute approximate surface area is 361 Å². The van der Waals surface area contributed by atoms with Gasteiger partial charge in [0.1, 0.15) is 37.4 Å². The van der Waals surface area contributed by atoms with Crippen molar-refractivity contribution in [2.24, 2.45) is 11.8 Å². The summed E-state index contributed by atoms with van der Waals surface area (Å²) in [5, 5.41) is 12.6. The number of aromatic nitrogens is 2. The largest absolute Gasteiger partial charge is 0.490 e. The summed E-state index contributed by atoms with van der Waals surface area (Å²) in [6, 6.07) is 20.3. The molecule has 0 bridgehead atoms. The van der Waals surface area contributed by atoms with Gasteiger partial charge in [0.2, 0.25) is 17.8 Å². The number of imide groups is 1. The van der Waals surface area contributed by atoms with E-state index in [-0.39, 0.29) is 67.0 Å². The zero-order valence-corrected chi connectivity index (χ0v) is 36.6. The lowest BCUT2D eigenvalue weighted by molar-refractivity contribution is -0.137. The van der Waals surface area contributed by atoms with Gasteiger partial charge < -0.3 is 18.9 Å². The molecule has 1 fully saturated rings. The van der Waals surface area contributed by atoms with Crippen LogP contribution >= 0.6 is 23.5 Å². The summed E-state index contributed by atoms with van der Waals surface area (Å²) in [4.78, 5) is 54.7. The molecule has 4 aromatic rings. The average Bonchev–Trinajstić information content (AvgIpc) is 3.23. The van der Waals surface area contributed by atoms with Crippen LogP contribution in [0.3, 0.4) is 0 Å². The van der Waals surface area contributed by atoms with Gasteiger partial charge in [0.25, 0.3) is 0 Å². The number of benzene rings is 3. The van der Waals surface area contributed by atoms with E-state index < -0.39 is 5.41 Å². The number of ketones is 2. The van der Waals surface area contributed by atoms with Gasteiger partial charge in [0.15, 0.2) is 17.3 Å². The Balaban J connectivity index is 0.000000567. The number of anilines is 1. The Morgan fingerprint density at radius 3 is 2.35 bits per heavy atom. The summed E-state index contributed by atoms with van der Waals surface area (Å²) in [5.41, 5.74) is 3.04. The fourth-order valence-electron chi connectivity index (χ4n) is 6.45. The Hall–Kier alpha value is -5.49. The summed E-state index contributed by atoms with van der Waals surface area (Å²) < 4.78 is 26.1. The van der Waals surface area contributed by atoms with Crippen LogP contribution in [0.2, 0.25) is 5.02 Å². The standard InChI is InChI=1S/C36H37ClN4O6S.C9H15NO2/c1-23(42)30-7-6-8-32(33(30)24(2)43)45-17-15-44-16-18-46-34-25(21-38)19-27(20-31(34)37)36(3,4)26-9-11-29(12-10-26)47-22-28-13-14-39-35(40-28)41-48-5;1-3-6(2)7-4-5-8(11)10-9(7)12/h6-14,19-20H,15-18,22H2,1-5H3,(H,39,40,41);6-7H,3-5H2,1-2H3,(H,10,11,12). The fourth-order valence-corrected chi connectivity index (χ4v) is 7.01. The minimum atomic E-state index is -0.480. The van der Waals surface area contributed by atoms with E-state index in [1.165, 1.54) is 25.8 Å². The molecule has 3 aromatic carbocycles. The van der Waals surface area contributed by atoms with Crippen molar-refractivity contribution in [1.29, 1.82) is 5.26 Å². The molecule has 2 unspecified atom stereocenters. The van der Waals surface area contributed by atoms with Gasteiger partial charge in [0.05, 0.1) is 35.1 Å². The quantitative estimate of drug-likeness (QED) is 0.0397. The molecule has 0 spiro atoms. The van der Waals surface area contributed by atoms with Crippen LogP contribution in [0.15, 0.2) is 66.9 Å². The molecule has 0 radical (unpaired) electrons. The number of hydrogen-bond donors (Lipinski definition) is 2. The van der Waals surface area contributed by atoms with Crippen molar-refractivity contribution in [1.82, 2.24) is 15.3 Å². The highest BCUT2D eigenvalue weighted by Crippen LogP contribution is 2.39. The maximum Gasteiger partial charge on any atom is 0.233 e. The van der Waals surface area contributed by atoms with Crippen LogP contribution in [0.1, 0.15) is 104 Å². The first-order valence-electron chi connectivity index (χ1n) is 19.6. The number of carbonyl (C=O) groups is 4. The smallest absolute Gasteiger partial charge is 0.233 e. The molecule has 318 valence electrons. The summed E-state index contributed by atoms with van der Waals surface area (Å²) in [7, 11) is 0. The lowest BCUT2D eigenvalue weighted by atomic mass is 9.77. The molecule has 2 N–H and O–H groups in total. The molecule has 1 aliphatic rings. The van der Waals surface area contributed by atoms with E-state index in [2.05, 4.69) is 53.8 Å². The maximum atomic E-state index is 12.1. The number of amides is 2. The van der Waals surface area contributed by atoms with Gasteiger partial charge in [-0.2, -0.15) is 5.26 Å². The SMILES string of the molecule is CCC(C)C1CCC(=O)NC1=O.CSNc1nccc(COc2ccc(C(C)(C)c3cc(Cl)c(OCCOCCOc4cccc(C(C)=O)c4C(C)=O)c(C#N)c3)cc2)n1. The molecular weight excluding hydrogens is 806 g/mol. The number of Topliss-reactive ketones (excluding diaryl/α,β-unsaturated/α-hetero) is 2. The highest BCUT2D eigenvalue weighted by molar-refractivity contribution is 7.99. The topological polar surface area (TPSA) is 179 Å². The minimum Gasteiger partial charge on any atom is -0.490 e. The predicted molar refractivity (Wildman–Crippen MR) is 232 cm³/mol. The zero-order chi connectivity index (χ0) is 43.8. The van der Waals surface area contributed by atoms with Crippen molar-refractivity contribution in [3.05, 3.63) is 105 Å². The van der Waals surface area contributed by atoms with Gasteiger partial charge in [-0.1, -0.05) is 81.9 Å². The van der Waals surface area contributed by atoms with Crippen molar-refractivity contribution in [3.8, 4) is 23.3 Å². The zero-order valence-electron chi connectivity index (χ0n) is 35.1. The molecule has 5 rings (SSSR count). The van der Waals surface area contributed by atoms with Gasteiger partial charge in [0, 0.05) is 35.8 Å². The van der Waals surface area contributed by atoms with Crippen LogP contribution in [-0.2, 0) is 26.3 Å². The minimum absolute atomic E-state index is 0.0488. The Bertz CT molecular complexity index is 2180. The predicted octanol–water partition coefficient (Wildman–Crippen LogP) is 8.56. The number of halogens is 1. The molecule has 15 heteroatoms. The van der Waals surface area contributed by atoms with E-state index in [0.717, 1.165) is 29.7 Å². The van der Waals surface area contributed by atoms with E-state index in [0.29, 0.717) is 52.5 Å². The number of nitrogens with zero attached hydrogens (tertiary/aromatic N) is 3. The second kappa shape index (κ2) is 22.8. The number of piperidine rings is 1. The molecule has 0 aliphatic carbocycles. The number of nitrogens with one attached hydrogen (secondary N) is 2. The Kier molecular flexibility index (Phi) is 17.9. The second-order valence-electron chi connectivity index (χ2n) is 14.6. The molecule has 2 amide bonds. The van der Waals surface area contributed by atoms with Crippen LogP contribution in [0.5, 0.6) is 17.2 Å². The molecule has 1 aliphatic heterocycles. The van der Waals surface area contributed by atoms with Crippen LogP contribution in [0.25, 0.3) is 0 Å². The van der Waals surface area contributed by atoms with Gasteiger partial charge in [-0.25, -0.2) is 9.97 Å². The number of nitriles is 1.